The molecule has 0 saturated carbocycles. The number of carbonyl (C=O) groups is 1. The van der Waals surface area contributed by atoms with E-state index in [1.165, 1.54) is 12.3 Å². The molecule has 4 nitrogen and oxygen atoms in total. The molecule has 1 unspecified atom stereocenters. The smallest absolute Gasteiger partial charge is 0.331 e. The van der Waals surface area contributed by atoms with Gasteiger partial charge in [-0.15, -0.1) is 0 Å². The largest absolute Gasteiger partial charge is 0.415 e. The molecule has 0 saturated heterocycles. The van der Waals surface area contributed by atoms with E-state index in [2.05, 4.69) is 15.3 Å². The predicted octanol–water partition coefficient (Wildman–Crippen LogP) is 2.92. The summed E-state index contributed by atoms with van der Waals surface area (Å²) >= 11 is 0. The predicted molar refractivity (Wildman–Crippen MR) is 76.7 cm³/mol. The van der Waals surface area contributed by atoms with Gasteiger partial charge in [0.25, 0.3) is 5.91 Å². The molecular weight excluding hydrogens is 307 g/mol. The summed E-state index contributed by atoms with van der Waals surface area (Å²) in [5.74, 6) is -1.19. The Labute approximate surface area is 130 Å². The Morgan fingerprint density at radius 3 is 2.70 bits per heavy atom. The van der Waals surface area contributed by atoms with E-state index in [-0.39, 0.29) is 24.2 Å². The molecule has 0 aliphatic heterocycles. The average Bonchev–Trinajstić information content (AvgIpc) is 2.87. The van der Waals surface area contributed by atoms with Gasteiger partial charge in [0.15, 0.2) is 5.54 Å². The van der Waals surface area contributed by atoms with Gasteiger partial charge in [0.2, 0.25) is 5.82 Å². The number of hydrogen-bond donors (Lipinski definition) is 1. The first-order valence-electron chi connectivity index (χ1n) is 7.11. The Kier molecular flexibility index (Phi) is 3.58. The van der Waals surface area contributed by atoms with Crippen LogP contribution in [0, 0.1) is 6.92 Å². The SMILES string of the molecule is Cc1ccnc(C(=O)NC2(C(F)(F)F)CCc3ccccc32)n1. The molecule has 23 heavy (non-hydrogen) atoms. The molecule has 1 heterocycles. The number of nitrogens with one attached hydrogen (secondary N) is 1. The standard InChI is InChI=1S/C16H14F3N3O/c1-10-7-9-20-13(21-10)14(23)22-15(16(17,18)19)8-6-11-4-2-3-5-12(11)15/h2-5,7,9H,6,8H2,1H3,(H,22,23). The number of alkyl halides is 3. The van der Waals surface area contributed by atoms with Crippen LogP contribution in [0.25, 0.3) is 0 Å². The number of benzene rings is 1. The summed E-state index contributed by atoms with van der Waals surface area (Å²) in [5.41, 5.74) is -1.20. The molecular formula is C16H14F3N3O. The lowest BCUT2D eigenvalue weighted by Gasteiger charge is -2.33. The highest BCUT2D eigenvalue weighted by molar-refractivity contribution is 5.91. The summed E-state index contributed by atoms with van der Waals surface area (Å²) in [5, 5.41) is 2.14. The van der Waals surface area contributed by atoms with Crippen LogP contribution in [0.5, 0.6) is 0 Å². The number of amides is 1. The third kappa shape index (κ3) is 2.56. The summed E-state index contributed by atoms with van der Waals surface area (Å²) in [4.78, 5) is 19.9. The average molecular weight is 321 g/mol. The summed E-state index contributed by atoms with van der Waals surface area (Å²) in [6, 6.07) is 7.86. The number of nitrogens with zero attached hydrogens (tertiary/aromatic N) is 2. The zero-order chi connectivity index (χ0) is 16.7. The zero-order valence-electron chi connectivity index (χ0n) is 12.3. The van der Waals surface area contributed by atoms with Gasteiger partial charge < -0.3 is 5.32 Å². The lowest BCUT2D eigenvalue weighted by atomic mass is 9.90. The van der Waals surface area contributed by atoms with Gasteiger partial charge in [-0.05, 0) is 37.0 Å². The van der Waals surface area contributed by atoms with Crippen molar-refractivity contribution in [3.63, 3.8) is 0 Å². The van der Waals surface area contributed by atoms with Gasteiger partial charge in [0.05, 0.1) is 0 Å². The monoisotopic (exact) mass is 321 g/mol. The number of fused-ring (bicyclic) bond motifs is 1. The fourth-order valence-corrected chi connectivity index (χ4v) is 2.91. The number of aromatic nitrogens is 2. The normalized spacial score (nSPS) is 20.2. The van der Waals surface area contributed by atoms with Crippen LogP contribution in [0.3, 0.4) is 0 Å². The first-order chi connectivity index (χ1) is 10.8. The van der Waals surface area contributed by atoms with Crippen LogP contribution in [-0.2, 0) is 12.0 Å². The molecule has 1 aromatic heterocycles. The summed E-state index contributed by atoms with van der Waals surface area (Å²) in [7, 11) is 0. The Hall–Kier alpha value is -2.44. The minimum absolute atomic E-state index is 0.0912. The van der Waals surface area contributed by atoms with Crippen molar-refractivity contribution in [1.29, 1.82) is 0 Å². The highest BCUT2D eigenvalue weighted by Gasteiger charge is 2.59. The van der Waals surface area contributed by atoms with Crippen molar-refractivity contribution < 1.29 is 18.0 Å². The maximum absolute atomic E-state index is 13.8. The van der Waals surface area contributed by atoms with Gasteiger partial charge in [-0.2, -0.15) is 13.2 Å². The van der Waals surface area contributed by atoms with Crippen LogP contribution in [0.15, 0.2) is 36.5 Å². The van der Waals surface area contributed by atoms with E-state index in [0.717, 1.165) is 0 Å². The van der Waals surface area contributed by atoms with Crippen LogP contribution in [0.1, 0.15) is 33.9 Å². The van der Waals surface area contributed by atoms with Crippen LogP contribution >= 0.6 is 0 Å². The molecule has 2 aromatic rings. The number of carbonyl (C=O) groups excluding carboxylic acids is 1. The molecule has 120 valence electrons. The first kappa shape index (κ1) is 15.5. The van der Waals surface area contributed by atoms with Gasteiger partial charge in [-0.3, -0.25) is 4.79 Å². The quantitative estimate of drug-likeness (QED) is 0.925. The van der Waals surface area contributed by atoms with Gasteiger partial charge in [-0.25, -0.2) is 9.97 Å². The molecule has 0 fully saturated rings. The zero-order valence-corrected chi connectivity index (χ0v) is 12.3. The Bertz CT molecular complexity index is 760. The van der Waals surface area contributed by atoms with E-state index in [1.54, 1.807) is 31.2 Å². The molecule has 1 aliphatic carbocycles. The van der Waals surface area contributed by atoms with Crippen molar-refractivity contribution >= 4 is 5.91 Å². The summed E-state index contributed by atoms with van der Waals surface area (Å²) < 4.78 is 41.4. The van der Waals surface area contributed by atoms with Crippen LogP contribution in [0.4, 0.5) is 13.2 Å². The minimum atomic E-state index is -4.61. The summed E-state index contributed by atoms with van der Waals surface area (Å²) in [6.45, 7) is 1.64. The molecule has 1 atom stereocenters. The van der Waals surface area contributed by atoms with Crippen molar-refractivity contribution in [3.8, 4) is 0 Å². The molecule has 7 heteroatoms. The lowest BCUT2D eigenvalue weighted by molar-refractivity contribution is -0.197. The highest BCUT2D eigenvalue weighted by atomic mass is 19.4. The van der Waals surface area contributed by atoms with Crippen LogP contribution in [0.2, 0.25) is 0 Å². The number of halogens is 3. The van der Waals surface area contributed by atoms with E-state index in [9.17, 15) is 18.0 Å². The van der Waals surface area contributed by atoms with Crippen molar-refractivity contribution in [3.05, 3.63) is 59.2 Å². The molecule has 0 radical (unpaired) electrons. The Morgan fingerprint density at radius 1 is 1.26 bits per heavy atom. The maximum Gasteiger partial charge on any atom is 0.415 e. The van der Waals surface area contributed by atoms with Crippen molar-refractivity contribution in [2.24, 2.45) is 0 Å². The van der Waals surface area contributed by atoms with E-state index in [1.807, 2.05) is 0 Å². The van der Waals surface area contributed by atoms with Crippen molar-refractivity contribution in [1.82, 2.24) is 15.3 Å². The topological polar surface area (TPSA) is 54.9 Å². The van der Waals surface area contributed by atoms with Crippen LogP contribution in [-0.4, -0.2) is 22.1 Å². The molecule has 1 aromatic carbocycles. The number of aryl methyl sites for hydroxylation is 2. The molecule has 0 spiro atoms. The third-order valence-corrected chi connectivity index (χ3v) is 4.06. The molecule has 3 rings (SSSR count). The van der Waals surface area contributed by atoms with Crippen LogP contribution < -0.4 is 5.32 Å². The van der Waals surface area contributed by atoms with E-state index in [0.29, 0.717) is 11.3 Å². The summed E-state index contributed by atoms with van der Waals surface area (Å²) in [6.07, 6.45) is -3.24. The second kappa shape index (κ2) is 5.33. The molecule has 1 aliphatic rings. The van der Waals surface area contributed by atoms with Gasteiger partial charge in [0, 0.05) is 11.9 Å². The Morgan fingerprint density at radius 2 is 2.00 bits per heavy atom. The van der Waals surface area contributed by atoms with Gasteiger partial charge in [0.1, 0.15) is 0 Å². The lowest BCUT2D eigenvalue weighted by Crippen LogP contribution is -2.55. The van der Waals surface area contributed by atoms with Crippen molar-refractivity contribution in [2.45, 2.75) is 31.5 Å². The fourth-order valence-electron chi connectivity index (χ4n) is 2.91. The first-order valence-corrected chi connectivity index (χ1v) is 7.11. The van der Waals surface area contributed by atoms with E-state index < -0.39 is 17.6 Å². The van der Waals surface area contributed by atoms with Gasteiger partial charge in [-0.1, -0.05) is 24.3 Å². The van der Waals surface area contributed by atoms with E-state index >= 15 is 0 Å². The Balaban J connectivity index is 2.01. The van der Waals surface area contributed by atoms with E-state index in [4.69, 9.17) is 0 Å². The maximum atomic E-state index is 13.8. The number of rotatable bonds is 2. The highest BCUT2D eigenvalue weighted by Crippen LogP contribution is 2.48. The van der Waals surface area contributed by atoms with Gasteiger partial charge >= 0.3 is 6.18 Å². The molecule has 1 amide bonds. The second-order valence-corrected chi connectivity index (χ2v) is 5.54. The fraction of sp³-hybridized carbons (Fsp3) is 0.312. The van der Waals surface area contributed by atoms with Crippen molar-refractivity contribution in [2.75, 3.05) is 0 Å². The second-order valence-electron chi connectivity index (χ2n) is 5.54. The molecule has 1 N–H and O–H groups in total. The third-order valence-electron chi connectivity index (χ3n) is 4.06. The molecule has 0 bridgehead atoms. The number of hydrogen-bond acceptors (Lipinski definition) is 3. The minimum Gasteiger partial charge on any atom is -0.331 e.